The van der Waals surface area contributed by atoms with E-state index in [1.54, 1.807) is 18.2 Å². The molecule has 0 atom stereocenters. The first-order chi connectivity index (χ1) is 12.8. The van der Waals surface area contributed by atoms with Crippen LogP contribution in [0.5, 0.6) is 11.5 Å². The van der Waals surface area contributed by atoms with Gasteiger partial charge in [0, 0.05) is 12.1 Å². The van der Waals surface area contributed by atoms with Gasteiger partial charge in [0.05, 0.1) is 12.2 Å². The lowest BCUT2D eigenvalue weighted by atomic mass is 10.2. The van der Waals surface area contributed by atoms with Crippen molar-refractivity contribution in [2.24, 2.45) is 0 Å². The van der Waals surface area contributed by atoms with Gasteiger partial charge in [-0.3, -0.25) is 10.1 Å². The van der Waals surface area contributed by atoms with Crippen molar-refractivity contribution in [3.05, 3.63) is 59.7 Å². The van der Waals surface area contributed by atoms with Crippen molar-refractivity contribution in [2.75, 3.05) is 0 Å². The molecule has 2 rings (SSSR count). The third-order valence-electron chi connectivity index (χ3n) is 3.44. The highest BCUT2D eigenvalue weighted by Gasteiger charge is 2.09. The van der Waals surface area contributed by atoms with Gasteiger partial charge < -0.3 is 14.8 Å². The molecule has 2 aromatic carbocycles. The topological polar surface area (TPSA) is 59.6 Å². The summed E-state index contributed by atoms with van der Waals surface area (Å²) >= 11 is 5.22. The van der Waals surface area contributed by atoms with Crippen LogP contribution in [0.3, 0.4) is 0 Å². The Kier molecular flexibility index (Phi) is 7.61. The standard InChI is InChI=1S/C21H26N2O3S/c1-14(2)25-18-10-8-16(9-11-18)13-22-21(27)23-20(24)17-6-5-7-19(12-17)26-15(3)4/h5-12,14-15H,13H2,1-4H3,(H2,22,23,24,27). The van der Waals surface area contributed by atoms with Crippen LogP contribution in [0, 0.1) is 0 Å². The van der Waals surface area contributed by atoms with Crippen LogP contribution in [0.15, 0.2) is 48.5 Å². The number of rotatable bonds is 7. The van der Waals surface area contributed by atoms with E-state index in [1.807, 2.05) is 58.0 Å². The minimum absolute atomic E-state index is 0.0448. The van der Waals surface area contributed by atoms with Crippen molar-refractivity contribution < 1.29 is 14.3 Å². The molecule has 0 unspecified atom stereocenters. The largest absolute Gasteiger partial charge is 0.491 e. The third-order valence-corrected chi connectivity index (χ3v) is 3.69. The first-order valence-corrected chi connectivity index (χ1v) is 9.36. The van der Waals surface area contributed by atoms with E-state index in [9.17, 15) is 4.79 Å². The highest BCUT2D eigenvalue weighted by molar-refractivity contribution is 7.80. The molecule has 1 amide bonds. The second kappa shape index (κ2) is 9.92. The minimum atomic E-state index is -0.276. The summed E-state index contributed by atoms with van der Waals surface area (Å²) in [5.41, 5.74) is 1.53. The molecule has 144 valence electrons. The van der Waals surface area contributed by atoms with Crippen LogP contribution >= 0.6 is 12.2 Å². The zero-order chi connectivity index (χ0) is 19.8. The highest BCUT2D eigenvalue weighted by atomic mass is 32.1. The fourth-order valence-electron chi connectivity index (χ4n) is 2.34. The number of hydrogen-bond donors (Lipinski definition) is 2. The number of hydrogen-bond acceptors (Lipinski definition) is 4. The molecule has 0 aliphatic rings. The van der Waals surface area contributed by atoms with Gasteiger partial charge in [0.1, 0.15) is 11.5 Å². The Balaban J connectivity index is 1.85. The zero-order valence-electron chi connectivity index (χ0n) is 16.1. The van der Waals surface area contributed by atoms with E-state index in [2.05, 4.69) is 10.6 Å². The van der Waals surface area contributed by atoms with Crippen LogP contribution in [0.1, 0.15) is 43.6 Å². The number of thiocarbonyl (C=S) groups is 1. The number of carbonyl (C=O) groups is 1. The maximum absolute atomic E-state index is 12.3. The lowest BCUT2D eigenvalue weighted by Crippen LogP contribution is -2.38. The molecule has 27 heavy (non-hydrogen) atoms. The quantitative estimate of drug-likeness (QED) is 0.703. The Morgan fingerprint density at radius 1 is 0.963 bits per heavy atom. The predicted molar refractivity (Wildman–Crippen MR) is 111 cm³/mol. The normalized spacial score (nSPS) is 10.6. The summed E-state index contributed by atoms with van der Waals surface area (Å²) in [5.74, 6) is 1.20. The Labute approximate surface area is 166 Å². The molecular formula is C21H26N2O3S. The second-order valence-corrected chi connectivity index (χ2v) is 7.05. The van der Waals surface area contributed by atoms with Gasteiger partial charge in [0.25, 0.3) is 5.91 Å². The van der Waals surface area contributed by atoms with Crippen molar-refractivity contribution >= 4 is 23.2 Å². The van der Waals surface area contributed by atoms with Crippen LogP contribution < -0.4 is 20.1 Å². The van der Waals surface area contributed by atoms with Gasteiger partial charge in [-0.05, 0) is 75.8 Å². The number of carbonyl (C=O) groups excluding carboxylic acids is 1. The summed E-state index contributed by atoms with van der Waals surface area (Å²) in [6.45, 7) is 8.36. The molecule has 0 aliphatic carbocycles. The van der Waals surface area contributed by atoms with E-state index in [4.69, 9.17) is 21.7 Å². The van der Waals surface area contributed by atoms with Gasteiger partial charge >= 0.3 is 0 Å². The first-order valence-electron chi connectivity index (χ1n) is 8.95. The van der Waals surface area contributed by atoms with Crippen LogP contribution in [0.4, 0.5) is 0 Å². The molecule has 0 fully saturated rings. The van der Waals surface area contributed by atoms with Crippen molar-refractivity contribution in [2.45, 2.75) is 46.4 Å². The molecule has 2 N–H and O–H groups in total. The predicted octanol–water partition coefficient (Wildman–Crippen LogP) is 4.07. The fraction of sp³-hybridized carbons (Fsp3) is 0.333. The maximum atomic E-state index is 12.3. The van der Waals surface area contributed by atoms with E-state index >= 15 is 0 Å². The Morgan fingerprint density at radius 2 is 1.59 bits per heavy atom. The van der Waals surface area contributed by atoms with Crippen LogP contribution in [-0.2, 0) is 6.54 Å². The molecular weight excluding hydrogens is 360 g/mol. The van der Waals surface area contributed by atoms with Gasteiger partial charge in [0.15, 0.2) is 5.11 Å². The molecule has 6 heteroatoms. The fourth-order valence-corrected chi connectivity index (χ4v) is 2.51. The Bertz CT molecular complexity index is 773. The summed E-state index contributed by atoms with van der Waals surface area (Å²) in [6, 6.07) is 14.8. The molecule has 0 aliphatic heterocycles. The molecule has 5 nitrogen and oxygen atoms in total. The van der Waals surface area contributed by atoms with Crippen LogP contribution in [-0.4, -0.2) is 23.2 Å². The molecule has 0 saturated carbocycles. The molecule has 0 heterocycles. The monoisotopic (exact) mass is 386 g/mol. The van der Waals surface area contributed by atoms with Crippen LogP contribution in [0.2, 0.25) is 0 Å². The molecule has 0 radical (unpaired) electrons. The molecule has 0 saturated heterocycles. The number of nitrogens with one attached hydrogen (secondary N) is 2. The van der Waals surface area contributed by atoms with Crippen LogP contribution in [0.25, 0.3) is 0 Å². The van der Waals surface area contributed by atoms with Crippen molar-refractivity contribution in [3.63, 3.8) is 0 Å². The zero-order valence-corrected chi connectivity index (χ0v) is 16.9. The van der Waals surface area contributed by atoms with E-state index in [0.29, 0.717) is 17.9 Å². The summed E-state index contributed by atoms with van der Waals surface area (Å²) in [7, 11) is 0. The molecule has 2 aromatic rings. The average Bonchev–Trinajstić information content (AvgIpc) is 2.60. The van der Waals surface area contributed by atoms with E-state index in [1.165, 1.54) is 0 Å². The summed E-state index contributed by atoms with van der Waals surface area (Å²) in [5, 5.41) is 6.00. The number of ether oxygens (including phenoxy) is 2. The lowest BCUT2D eigenvalue weighted by Gasteiger charge is -2.13. The SMILES string of the molecule is CC(C)Oc1ccc(CNC(=S)NC(=O)c2cccc(OC(C)C)c2)cc1. The van der Waals surface area contributed by atoms with Gasteiger partial charge in [-0.1, -0.05) is 18.2 Å². The minimum Gasteiger partial charge on any atom is -0.491 e. The van der Waals surface area contributed by atoms with E-state index in [0.717, 1.165) is 11.3 Å². The van der Waals surface area contributed by atoms with Gasteiger partial charge in [-0.2, -0.15) is 0 Å². The highest BCUT2D eigenvalue weighted by Crippen LogP contribution is 2.15. The van der Waals surface area contributed by atoms with Gasteiger partial charge in [-0.25, -0.2) is 0 Å². The Morgan fingerprint density at radius 3 is 2.22 bits per heavy atom. The molecule has 0 spiro atoms. The number of amides is 1. The van der Waals surface area contributed by atoms with Gasteiger partial charge in [0.2, 0.25) is 0 Å². The van der Waals surface area contributed by atoms with Crippen molar-refractivity contribution in [3.8, 4) is 11.5 Å². The average molecular weight is 387 g/mol. The molecule has 0 aromatic heterocycles. The van der Waals surface area contributed by atoms with Crippen molar-refractivity contribution in [1.29, 1.82) is 0 Å². The van der Waals surface area contributed by atoms with Gasteiger partial charge in [-0.15, -0.1) is 0 Å². The number of benzene rings is 2. The molecule has 0 bridgehead atoms. The second-order valence-electron chi connectivity index (χ2n) is 6.64. The van der Waals surface area contributed by atoms with E-state index < -0.39 is 0 Å². The Hall–Kier alpha value is -2.60. The smallest absolute Gasteiger partial charge is 0.257 e. The maximum Gasteiger partial charge on any atom is 0.257 e. The summed E-state index contributed by atoms with van der Waals surface area (Å²) in [4.78, 5) is 12.3. The summed E-state index contributed by atoms with van der Waals surface area (Å²) < 4.78 is 11.2. The first kappa shape index (κ1) is 20.7. The summed E-state index contributed by atoms with van der Waals surface area (Å²) in [6.07, 6.45) is 0.185. The van der Waals surface area contributed by atoms with Crippen molar-refractivity contribution in [1.82, 2.24) is 10.6 Å². The lowest BCUT2D eigenvalue weighted by molar-refractivity contribution is 0.0976. The third kappa shape index (κ3) is 7.27. The van der Waals surface area contributed by atoms with E-state index in [-0.39, 0.29) is 23.2 Å².